The van der Waals surface area contributed by atoms with Crippen molar-refractivity contribution >= 4 is 17.7 Å². The van der Waals surface area contributed by atoms with Crippen LogP contribution in [0.2, 0.25) is 0 Å². The Bertz CT molecular complexity index is 729. The molecule has 0 spiro atoms. The molecule has 0 aliphatic heterocycles. The van der Waals surface area contributed by atoms with Crippen molar-refractivity contribution in [2.75, 3.05) is 18.9 Å². The number of nitrogens with zero attached hydrogens (tertiary/aromatic N) is 3. The summed E-state index contributed by atoms with van der Waals surface area (Å²) in [5.41, 5.74) is 1.22. The van der Waals surface area contributed by atoms with E-state index in [0.29, 0.717) is 24.8 Å². The van der Waals surface area contributed by atoms with E-state index in [1.165, 1.54) is 30.2 Å². The molecule has 1 aromatic carbocycles. The Kier molecular flexibility index (Phi) is 7.29. The van der Waals surface area contributed by atoms with Crippen LogP contribution in [0.15, 0.2) is 35.5 Å². The zero-order valence-corrected chi connectivity index (χ0v) is 16.9. The van der Waals surface area contributed by atoms with Crippen molar-refractivity contribution in [2.45, 2.75) is 56.8 Å². The summed E-state index contributed by atoms with van der Waals surface area (Å²) in [4.78, 5) is 12.1. The van der Waals surface area contributed by atoms with Crippen LogP contribution in [0.25, 0.3) is 0 Å². The molecular weight excluding hydrogens is 360 g/mol. The highest BCUT2D eigenvalue weighted by atomic mass is 32.2. The standard InChI is InChI=1S/C20H28N4O2S/c1-15(2)26-12-6-11-21-18(25)14-27-20-23-22-19(17-9-10-17)24(20)13-16-7-4-3-5-8-16/h3-5,7-8,15,17H,6,9-14H2,1-2H3,(H,21,25). The minimum atomic E-state index is 0.0202. The maximum atomic E-state index is 12.1. The Morgan fingerprint density at radius 3 is 2.78 bits per heavy atom. The second kappa shape index (κ2) is 9.90. The third-order valence-corrected chi connectivity index (χ3v) is 5.27. The molecule has 3 rings (SSSR count). The molecule has 1 heterocycles. The van der Waals surface area contributed by atoms with Gasteiger partial charge in [-0.1, -0.05) is 42.1 Å². The highest BCUT2D eigenvalue weighted by Crippen LogP contribution is 2.40. The number of carbonyl (C=O) groups is 1. The third kappa shape index (κ3) is 6.36. The number of rotatable bonds is 11. The average Bonchev–Trinajstić information content (AvgIpc) is 3.42. The van der Waals surface area contributed by atoms with Gasteiger partial charge in [0.25, 0.3) is 0 Å². The van der Waals surface area contributed by atoms with E-state index in [1.54, 1.807) is 0 Å². The zero-order chi connectivity index (χ0) is 19.1. The maximum absolute atomic E-state index is 12.1. The highest BCUT2D eigenvalue weighted by Gasteiger charge is 2.30. The van der Waals surface area contributed by atoms with Crippen LogP contribution < -0.4 is 5.32 Å². The number of ether oxygens (including phenoxy) is 1. The number of hydrogen-bond acceptors (Lipinski definition) is 5. The summed E-state index contributed by atoms with van der Waals surface area (Å²) in [5, 5.41) is 12.5. The van der Waals surface area contributed by atoms with Crippen LogP contribution in [-0.4, -0.2) is 45.7 Å². The van der Waals surface area contributed by atoms with Crippen molar-refractivity contribution in [3.05, 3.63) is 41.7 Å². The normalized spacial score (nSPS) is 13.9. The first kappa shape index (κ1) is 19.9. The molecule has 1 saturated carbocycles. The summed E-state index contributed by atoms with van der Waals surface area (Å²) in [6, 6.07) is 10.3. The van der Waals surface area contributed by atoms with Crippen LogP contribution in [0.4, 0.5) is 0 Å². The van der Waals surface area contributed by atoms with E-state index in [0.717, 1.165) is 23.9 Å². The van der Waals surface area contributed by atoms with Crippen LogP contribution in [0.1, 0.15) is 50.4 Å². The number of hydrogen-bond donors (Lipinski definition) is 1. The largest absolute Gasteiger partial charge is 0.379 e. The zero-order valence-electron chi connectivity index (χ0n) is 16.1. The van der Waals surface area contributed by atoms with Gasteiger partial charge in [0.2, 0.25) is 5.91 Å². The summed E-state index contributed by atoms with van der Waals surface area (Å²) in [7, 11) is 0. The summed E-state index contributed by atoms with van der Waals surface area (Å²) >= 11 is 1.46. The quantitative estimate of drug-likeness (QED) is 0.473. The van der Waals surface area contributed by atoms with E-state index in [2.05, 4.69) is 32.2 Å². The molecule has 1 aliphatic carbocycles. The van der Waals surface area contributed by atoms with Gasteiger partial charge in [-0.15, -0.1) is 10.2 Å². The molecule has 1 fully saturated rings. The fourth-order valence-corrected chi connectivity index (χ4v) is 3.54. The first-order valence-corrected chi connectivity index (χ1v) is 10.6. The van der Waals surface area contributed by atoms with Gasteiger partial charge in [-0.2, -0.15) is 0 Å². The van der Waals surface area contributed by atoms with Crippen LogP contribution in [-0.2, 0) is 16.1 Å². The van der Waals surface area contributed by atoms with Crippen LogP contribution >= 0.6 is 11.8 Å². The van der Waals surface area contributed by atoms with Crippen LogP contribution in [0.5, 0.6) is 0 Å². The van der Waals surface area contributed by atoms with Crippen molar-refractivity contribution in [1.29, 1.82) is 0 Å². The Hall–Kier alpha value is -1.86. The summed E-state index contributed by atoms with van der Waals surface area (Å²) < 4.78 is 7.65. The van der Waals surface area contributed by atoms with Crippen LogP contribution in [0, 0.1) is 0 Å². The molecule has 1 N–H and O–H groups in total. The molecule has 6 nitrogen and oxygen atoms in total. The second-order valence-electron chi connectivity index (χ2n) is 7.10. The van der Waals surface area contributed by atoms with Crippen molar-refractivity contribution in [1.82, 2.24) is 20.1 Å². The lowest BCUT2D eigenvalue weighted by molar-refractivity contribution is -0.118. The monoisotopic (exact) mass is 388 g/mol. The average molecular weight is 389 g/mol. The predicted molar refractivity (Wildman–Crippen MR) is 107 cm³/mol. The molecule has 0 bridgehead atoms. The molecule has 7 heteroatoms. The molecule has 0 saturated heterocycles. The molecule has 146 valence electrons. The minimum absolute atomic E-state index is 0.0202. The summed E-state index contributed by atoms with van der Waals surface area (Å²) in [5.74, 6) is 1.94. The number of nitrogens with one attached hydrogen (secondary N) is 1. The Labute approximate surface area is 165 Å². The number of carbonyl (C=O) groups excluding carboxylic acids is 1. The molecular formula is C20H28N4O2S. The van der Waals surface area contributed by atoms with Crippen molar-refractivity contribution in [3.8, 4) is 0 Å². The Morgan fingerprint density at radius 1 is 1.30 bits per heavy atom. The summed E-state index contributed by atoms with van der Waals surface area (Å²) in [6.07, 6.45) is 3.41. The fraction of sp³-hybridized carbons (Fsp3) is 0.550. The lowest BCUT2D eigenvalue weighted by Crippen LogP contribution is -2.27. The lowest BCUT2D eigenvalue weighted by Gasteiger charge is -2.10. The van der Waals surface area contributed by atoms with E-state index < -0.39 is 0 Å². The highest BCUT2D eigenvalue weighted by molar-refractivity contribution is 7.99. The van der Waals surface area contributed by atoms with Gasteiger partial charge in [0, 0.05) is 19.1 Å². The molecule has 1 aliphatic rings. The van der Waals surface area contributed by atoms with Gasteiger partial charge in [-0.3, -0.25) is 4.79 Å². The van der Waals surface area contributed by atoms with Gasteiger partial charge in [0.1, 0.15) is 5.82 Å². The first-order valence-electron chi connectivity index (χ1n) is 9.61. The van der Waals surface area contributed by atoms with E-state index in [1.807, 2.05) is 32.0 Å². The molecule has 0 radical (unpaired) electrons. The number of benzene rings is 1. The van der Waals surface area contributed by atoms with Crippen molar-refractivity contribution in [3.63, 3.8) is 0 Å². The van der Waals surface area contributed by atoms with Gasteiger partial charge in [0.15, 0.2) is 5.16 Å². The van der Waals surface area contributed by atoms with Gasteiger partial charge in [-0.25, -0.2) is 0 Å². The molecule has 27 heavy (non-hydrogen) atoms. The van der Waals surface area contributed by atoms with Gasteiger partial charge in [-0.05, 0) is 38.7 Å². The lowest BCUT2D eigenvalue weighted by atomic mass is 10.2. The fourth-order valence-electron chi connectivity index (χ4n) is 2.77. The van der Waals surface area contributed by atoms with Crippen molar-refractivity contribution < 1.29 is 9.53 Å². The van der Waals surface area contributed by atoms with Crippen LogP contribution in [0.3, 0.4) is 0 Å². The van der Waals surface area contributed by atoms with E-state index >= 15 is 0 Å². The first-order chi connectivity index (χ1) is 13.1. The van der Waals surface area contributed by atoms with Gasteiger partial charge < -0.3 is 14.6 Å². The maximum Gasteiger partial charge on any atom is 0.230 e. The smallest absolute Gasteiger partial charge is 0.230 e. The number of thioether (sulfide) groups is 1. The topological polar surface area (TPSA) is 69.0 Å². The number of aromatic nitrogens is 3. The number of amides is 1. The van der Waals surface area contributed by atoms with Gasteiger partial charge >= 0.3 is 0 Å². The van der Waals surface area contributed by atoms with E-state index in [-0.39, 0.29) is 12.0 Å². The van der Waals surface area contributed by atoms with Crippen molar-refractivity contribution in [2.24, 2.45) is 0 Å². The van der Waals surface area contributed by atoms with E-state index in [4.69, 9.17) is 4.74 Å². The Balaban J connectivity index is 1.51. The Morgan fingerprint density at radius 2 is 2.07 bits per heavy atom. The SMILES string of the molecule is CC(C)OCCCNC(=O)CSc1nnc(C2CC2)n1Cc1ccccc1. The second-order valence-corrected chi connectivity index (χ2v) is 8.04. The summed E-state index contributed by atoms with van der Waals surface area (Å²) in [6.45, 7) is 6.07. The molecule has 0 atom stereocenters. The third-order valence-electron chi connectivity index (χ3n) is 4.30. The van der Waals surface area contributed by atoms with E-state index in [9.17, 15) is 4.79 Å². The minimum Gasteiger partial charge on any atom is -0.379 e. The molecule has 2 aromatic rings. The molecule has 1 amide bonds. The van der Waals surface area contributed by atoms with Gasteiger partial charge in [0.05, 0.1) is 18.4 Å². The molecule has 1 aromatic heterocycles. The molecule has 0 unspecified atom stereocenters. The predicted octanol–water partition coefficient (Wildman–Crippen LogP) is 3.23.